The summed E-state index contributed by atoms with van der Waals surface area (Å²) >= 11 is 0. The number of methoxy groups -OCH3 is 1. The highest BCUT2D eigenvalue weighted by Crippen LogP contribution is 2.11. The third-order valence-corrected chi connectivity index (χ3v) is 2.97. The molecule has 5 nitrogen and oxygen atoms in total. The maximum atomic E-state index is 12.1. The van der Waals surface area contributed by atoms with Crippen LogP contribution in [0.4, 0.5) is 0 Å². The minimum Gasteiger partial charge on any atom is -0.392 e. The molecule has 1 saturated heterocycles. The van der Waals surface area contributed by atoms with Crippen LogP contribution in [-0.4, -0.2) is 60.9 Å². The second-order valence-electron chi connectivity index (χ2n) is 4.28. The van der Waals surface area contributed by atoms with E-state index in [9.17, 15) is 9.90 Å². The number of hydrogen-bond donors (Lipinski definition) is 2. The van der Waals surface area contributed by atoms with Gasteiger partial charge in [0.2, 0.25) is 5.91 Å². The SMILES string of the molecule is CCN(C(=O)C1CC(O)CN1)C(C)COC. The molecule has 3 unspecified atom stereocenters. The Balaban J connectivity index is 2.55. The number of rotatable bonds is 5. The molecule has 1 aliphatic heterocycles. The van der Waals surface area contributed by atoms with Crippen LogP contribution in [0.15, 0.2) is 0 Å². The van der Waals surface area contributed by atoms with Gasteiger partial charge in [0.05, 0.1) is 24.8 Å². The van der Waals surface area contributed by atoms with Gasteiger partial charge in [-0.2, -0.15) is 0 Å². The molecule has 0 radical (unpaired) electrons. The first kappa shape index (κ1) is 13.4. The van der Waals surface area contributed by atoms with Crippen LogP contribution >= 0.6 is 0 Å². The van der Waals surface area contributed by atoms with Gasteiger partial charge in [-0.05, 0) is 20.3 Å². The van der Waals surface area contributed by atoms with Gasteiger partial charge in [0.25, 0.3) is 0 Å². The number of aliphatic hydroxyl groups excluding tert-OH is 1. The average Bonchev–Trinajstić information content (AvgIpc) is 2.66. The molecule has 0 aromatic heterocycles. The maximum absolute atomic E-state index is 12.1. The molecule has 16 heavy (non-hydrogen) atoms. The smallest absolute Gasteiger partial charge is 0.240 e. The van der Waals surface area contributed by atoms with Crippen LogP contribution in [-0.2, 0) is 9.53 Å². The Morgan fingerprint density at radius 1 is 1.69 bits per heavy atom. The fourth-order valence-corrected chi connectivity index (χ4v) is 2.12. The summed E-state index contributed by atoms with van der Waals surface area (Å²) < 4.78 is 5.06. The van der Waals surface area contributed by atoms with Gasteiger partial charge in [-0.3, -0.25) is 4.79 Å². The van der Waals surface area contributed by atoms with E-state index in [-0.39, 0.29) is 18.0 Å². The molecule has 2 N–H and O–H groups in total. The lowest BCUT2D eigenvalue weighted by molar-refractivity contribution is -0.136. The van der Waals surface area contributed by atoms with Crippen molar-refractivity contribution in [1.82, 2.24) is 10.2 Å². The standard InChI is InChI=1S/C11H22N2O3/c1-4-13(8(2)7-16-3)11(15)10-5-9(14)6-12-10/h8-10,12,14H,4-7H2,1-3H3. The average molecular weight is 230 g/mol. The molecule has 0 spiro atoms. The Labute approximate surface area is 96.8 Å². The zero-order valence-corrected chi connectivity index (χ0v) is 10.3. The Kier molecular flexibility index (Phi) is 5.18. The van der Waals surface area contributed by atoms with Crippen LogP contribution in [0.25, 0.3) is 0 Å². The number of nitrogens with zero attached hydrogens (tertiary/aromatic N) is 1. The number of hydrogen-bond acceptors (Lipinski definition) is 4. The fraction of sp³-hybridized carbons (Fsp3) is 0.909. The van der Waals surface area contributed by atoms with Gasteiger partial charge in [0.1, 0.15) is 0 Å². The van der Waals surface area contributed by atoms with Crippen LogP contribution in [0, 0.1) is 0 Å². The summed E-state index contributed by atoms with van der Waals surface area (Å²) in [6.07, 6.45) is 0.111. The second kappa shape index (κ2) is 6.18. The summed E-state index contributed by atoms with van der Waals surface area (Å²) in [4.78, 5) is 13.9. The molecule has 0 bridgehead atoms. The van der Waals surface area contributed by atoms with Crippen molar-refractivity contribution in [3.8, 4) is 0 Å². The monoisotopic (exact) mass is 230 g/mol. The van der Waals surface area contributed by atoms with Gasteiger partial charge in [0.15, 0.2) is 0 Å². The Morgan fingerprint density at radius 2 is 2.38 bits per heavy atom. The lowest BCUT2D eigenvalue weighted by Gasteiger charge is -2.30. The molecule has 1 aliphatic rings. The van der Waals surface area contributed by atoms with Gasteiger partial charge in [-0.25, -0.2) is 0 Å². The van der Waals surface area contributed by atoms with E-state index in [2.05, 4.69) is 5.32 Å². The van der Waals surface area contributed by atoms with Crippen LogP contribution in [0.3, 0.4) is 0 Å². The van der Waals surface area contributed by atoms with Crippen molar-refractivity contribution in [3.63, 3.8) is 0 Å². The minimum atomic E-state index is -0.398. The largest absolute Gasteiger partial charge is 0.392 e. The zero-order chi connectivity index (χ0) is 12.1. The number of ether oxygens (including phenoxy) is 1. The molecule has 5 heteroatoms. The van der Waals surface area contributed by atoms with Gasteiger partial charge in [0, 0.05) is 20.2 Å². The van der Waals surface area contributed by atoms with E-state index in [4.69, 9.17) is 4.74 Å². The van der Waals surface area contributed by atoms with E-state index in [0.717, 1.165) is 0 Å². The lowest BCUT2D eigenvalue weighted by atomic mass is 10.1. The normalized spacial score (nSPS) is 26.8. The molecule has 1 rings (SSSR count). The summed E-state index contributed by atoms with van der Waals surface area (Å²) in [6, 6.07) is -0.170. The topological polar surface area (TPSA) is 61.8 Å². The Hall–Kier alpha value is -0.650. The maximum Gasteiger partial charge on any atom is 0.240 e. The van der Waals surface area contributed by atoms with Gasteiger partial charge in [-0.15, -0.1) is 0 Å². The number of aliphatic hydroxyl groups is 1. The molecular weight excluding hydrogens is 208 g/mol. The van der Waals surface area contributed by atoms with Crippen LogP contribution in [0.5, 0.6) is 0 Å². The molecule has 0 aliphatic carbocycles. The fourth-order valence-electron chi connectivity index (χ4n) is 2.12. The summed E-state index contributed by atoms with van der Waals surface area (Å²) in [6.45, 7) is 5.63. The zero-order valence-electron chi connectivity index (χ0n) is 10.3. The number of nitrogens with one attached hydrogen (secondary N) is 1. The number of carbonyl (C=O) groups excluding carboxylic acids is 1. The first-order valence-electron chi connectivity index (χ1n) is 5.81. The molecule has 1 amide bonds. The van der Waals surface area contributed by atoms with Crippen molar-refractivity contribution in [1.29, 1.82) is 0 Å². The van der Waals surface area contributed by atoms with E-state index in [1.165, 1.54) is 0 Å². The Morgan fingerprint density at radius 3 is 2.81 bits per heavy atom. The minimum absolute atomic E-state index is 0.0589. The van der Waals surface area contributed by atoms with E-state index >= 15 is 0 Å². The van der Waals surface area contributed by atoms with Crippen LogP contribution < -0.4 is 5.32 Å². The Bertz CT molecular complexity index is 235. The molecule has 0 aromatic carbocycles. The quantitative estimate of drug-likeness (QED) is 0.674. The van der Waals surface area contributed by atoms with Crippen LogP contribution in [0.1, 0.15) is 20.3 Å². The van der Waals surface area contributed by atoms with Crippen molar-refractivity contribution < 1.29 is 14.6 Å². The molecular formula is C11H22N2O3. The van der Waals surface area contributed by atoms with Crippen LogP contribution in [0.2, 0.25) is 0 Å². The third kappa shape index (κ3) is 3.17. The van der Waals surface area contributed by atoms with Crippen molar-refractivity contribution in [2.24, 2.45) is 0 Å². The lowest BCUT2D eigenvalue weighted by Crippen LogP contribution is -2.48. The van der Waals surface area contributed by atoms with Gasteiger partial charge < -0.3 is 20.1 Å². The highest BCUT2D eigenvalue weighted by molar-refractivity contribution is 5.82. The number of likely N-dealkylation sites (N-methyl/N-ethyl adjacent to an activating group) is 1. The first-order chi connectivity index (χ1) is 7.60. The highest BCUT2D eigenvalue weighted by atomic mass is 16.5. The molecule has 1 heterocycles. The van der Waals surface area contributed by atoms with Crippen molar-refractivity contribution in [3.05, 3.63) is 0 Å². The second-order valence-corrected chi connectivity index (χ2v) is 4.28. The molecule has 3 atom stereocenters. The van der Waals surface area contributed by atoms with E-state index in [1.807, 2.05) is 13.8 Å². The van der Waals surface area contributed by atoms with Crippen molar-refractivity contribution in [2.75, 3.05) is 26.8 Å². The number of β-amino-alcohol motifs (C(OH)–C–C–N with tert-alkyl or cyclic N) is 1. The molecule has 1 fully saturated rings. The first-order valence-corrected chi connectivity index (χ1v) is 5.81. The summed E-state index contributed by atoms with van der Waals surface area (Å²) in [7, 11) is 1.63. The van der Waals surface area contributed by atoms with Crippen molar-refractivity contribution in [2.45, 2.75) is 38.5 Å². The van der Waals surface area contributed by atoms with Gasteiger partial charge in [-0.1, -0.05) is 0 Å². The van der Waals surface area contributed by atoms with E-state index in [1.54, 1.807) is 12.0 Å². The summed E-state index contributed by atoms with van der Waals surface area (Å²) in [5, 5.41) is 12.4. The number of carbonyl (C=O) groups is 1. The predicted octanol–water partition coefficient (Wildman–Crippen LogP) is -0.407. The van der Waals surface area contributed by atoms with E-state index < -0.39 is 6.10 Å². The predicted molar refractivity (Wildman–Crippen MR) is 61.1 cm³/mol. The summed E-state index contributed by atoms with van der Waals surface area (Å²) in [5.41, 5.74) is 0. The highest BCUT2D eigenvalue weighted by Gasteiger charge is 2.32. The third-order valence-electron chi connectivity index (χ3n) is 2.97. The van der Waals surface area contributed by atoms with Gasteiger partial charge >= 0.3 is 0 Å². The molecule has 0 saturated carbocycles. The van der Waals surface area contributed by atoms with E-state index in [0.29, 0.717) is 26.1 Å². The molecule has 94 valence electrons. The number of amides is 1. The summed E-state index contributed by atoms with van der Waals surface area (Å²) in [5.74, 6) is 0.0589. The molecule has 0 aromatic rings. The van der Waals surface area contributed by atoms with Crippen molar-refractivity contribution >= 4 is 5.91 Å².